The quantitative estimate of drug-likeness (QED) is 0.172. The van der Waals surface area contributed by atoms with Gasteiger partial charge in [0.2, 0.25) is 19.7 Å². The number of rotatable bonds is 12. The van der Waals surface area contributed by atoms with Crippen molar-refractivity contribution in [1.29, 1.82) is 0 Å². The van der Waals surface area contributed by atoms with E-state index in [-0.39, 0.29) is 28.7 Å². The summed E-state index contributed by atoms with van der Waals surface area (Å²) in [4.78, 5) is 15.5. The Morgan fingerprint density at radius 1 is 0.617 bits per heavy atom. The molecular weight excluding hydrogens is 629 g/mol. The van der Waals surface area contributed by atoms with Crippen LogP contribution in [0.3, 0.4) is 0 Å². The summed E-state index contributed by atoms with van der Waals surface area (Å²) in [6.45, 7) is 0.0265. The molecule has 246 valence electrons. The Morgan fingerprint density at radius 3 is 1.49 bits per heavy atom. The number of benzene rings is 4. The van der Waals surface area contributed by atoms with Crippen LogP contribution in [0.4, 0.5) is 4.79 Å². The second-order valence-corrected chi connectivity index (χ2v) is 17.5. The van der Waals surface area contributed by atoms with Crippen molar-refractivity contribution in [2.45, 2.75) is 77.3 Å². The number of fused-ring (bicyclic) bond motifs is 5. The number of nitrogens with zero attached hydrogens (tertiary/aromatic N) is 1. The van der Waals surface area contributed by atoms with E-state index in [0.29, 0.717) is 25.7 Å². The number of hydrogen-bond acceptors (Lipinski definition) is 5. The Bertz CT molecular complexity index is 1750. The molecule has 0 aliphatic carbocycles. The van der Waals surface area contributed by atoms with Gasteiger partial charge in [-0.2, -0.15) is 0 Å². The van der Waals surface area contributed by atoms with E-state index in [4.69, 9.17) is 0 Å². The third-order valence-electron chi connectivity index (χ3n) is 9.89. The SMILES string of the molecule is O=C1NC(CCCc2ccccc2)(CCCc2ccccc2)CC2CCN1C(S(=O)(=O)c1ccccc1)(S(=O)(=O)c1ccccc1)C2. The van der Waals surface area contributed by atoms with E-state index in [9.17, 15) is 21.6 Å². The number of amides is 2. The van der Waals surface area contributed by atoms with Crippen LogP contribution in [0.5, 0.6) is 0 Å². The minimum absolute atomic E-state index is 0.0265. The Labute approximate surface area is 278 Å². The average Bonchev–Trinajstić information content (AvgIpc) is 3.09. The number of carbonyl (C=O) groups excluding carboxylic acids is 1. The fourth-order valence-electron chi connectivity index (χ4n) is 7.61. The number of nitrogens with one attached hydrogen (secondary N) is 1. The van der Waals surface area contributed by atoms with Gasteiger partial charge in [-0.25, -0.2) is 21.6 Å². The highest BCUT2D eigenvalue weighted by Crippen LogP contribution is 2.50. The third kappa shape index (κ3) is 6.48. The first-order chi connectivity index (χ1) is 22.7. The van der Waals surface area contributed by atoms with Crippen molar-refractivity contribution in [3.63, 3.8) is 0 Å². The summed E-state index contributed by atoms with van der Waals surface area (Å²) in [5, 5.41) is 3.30. The fourth-order valence-corrected chi connectivity index (χ4v) is 13.0. The van der Waals surface area contributed by atoms with Crippen LogP contribution in [0, 0.1) is 5.92 Å². The summed E-state index contributed by atoms with van der Waals surface area (Å²) in [6.07, 6.45) is 5.62. The zero-order chi connectivity index (χ0) is 33.0. The molecule has 47 heavy (non-hydrogen) atoms. The van der Waals surface area contributed by atoms with Crippen molar-refractivity contribution < 1.29 is 21.6 Å². The van der Waals surface area contributed by atoms with Crippen LogP contribution in [0.25, 0.3) is 0 Å². The molecule has 3 aliphatic heterocycles. The van der Waals surface area contributed by atoms with Crippen LogP contribution < -0.4 is 5.32 Å². The molecule has 4 aromatic carbocycles. The van der Waals surface area contributed by atoms with Gasteiger partial charge in [0.25, 0.3) is 4.20 Å². The summed E-state index contributed by atoms with van der Waals surface area (Å²) in [7, 11) is -9.20. The molecule has 2 amide bonds. The molecule has 1 atom stereocenters. The predicted octanol–water partition coefficient (Wildman–Crippen LogP) is 7.20. The van der Waals surface area contributed by atoms with Crippen LogP contribution in [0.2, 0.25) is 0 Å². The number of aryl methyl sites for hydroxylation is 2. The van der Waals surface area contributed by atoms with E-state index in [1.54, 1.807) is 36.4 Å². The molecule has 0 saturated carbocycles. The molecule has 3 aliphatic rings. The van der Waals surface area contributed by atoms with Crippen molar-refractivity contribution in [3.8, 4) is 0 Å². The molecule has 1 unspecified atom stereocenters. The highest BCUT2D eigenvalue weighted by Gasteiger charge is 2.65. The van der Waals surface area contributed by atoms with Gasteiger partial charge in [0.05, 0.1) is 9.79 Å². The normalized spacial score (nSPS) is 19.0. The molecule has 0 radical (unpaired) electrons. The largest absolute Gasteiger partial charge is 0.332 e. The zero-order valence-electron chi connectivity index (χ0n) is 26.5. The van der Waals surface area contributed by atoms with Crippen molar-refractivity contribution in [2.75, 3.05) is 6.54 Å². The van der Waals surface area contributed by atoms with Crippen LogP contribution >= 0.6 is 0 Å². The van der Waals surface area contributed by atoms with Crippen LogP contribution in [-0.2, 0) is 32.5 Å². The summed E-state index contributed by atoms with van der Waals surface area (Å²) in [5.41, 5.74) is 1.83. The lowest BCUT2D eigenvalue weighted by Gasteiger charge is -2.53. The number of hydrogen-bond donors (Lipinski definition) is 1. The van der Waals surface area contributed by atoms with Gasteiger partial charge in [0.15, 0.2) is 0 Å². The number of piperidine rings is 1. The number of sulfone groups is 2. The highest BCUT2D eigenvalue weighted by atomic mass is 32.3. The molecule has 1 N–H and O–H groups in total. The van der Waals surface area contributed by atoms with Gasteiger partial charge in [-0.1, -0.05) is 97.1 Å². The maximum atomic E-state index is 14.7. The van der Waals surface area contributed by atoms with Gasteiger partial charge in [-0.3, -0.25) is 4.90 Å². The molecule has 7 rings (SSSR count). The topological polar surface area (TPSA) is 101 Å². The van der Waals surface area contributed by atoms with E-state index in [2.05, 4.69) is 29.6 Å². The van der Waals surface area contributed by atoms with Crippen molar-refractivity contribution in [3.05, 3.63) is 132 Å². The molecular formula is C38H42N2O5S2. The van der Waals surface area contributed by atoms with Gasteiger partial charge in [-0.15, -0.1) is 0 Å². The van der Waals surface area contributed by atoms with E-state index in [1.807, 2.05) is 36.4 Å². The summed E-state index contributed by atoms with van der Waals surface area (Å²) < 4.78 is 56.5. The molecule has 2 bridgehead atoms. The summed E-state index contributed by atoms with van der Waals surface area (Å²) >= 11 is 0. The third-order valence-corrected chi connectivity index (χ3v) is 15.4. The first-order valence-electron chi connectivity index (χ1n) is 16.4. The smallest absolute Gasteiger partial charge is 0.319 e. The van der Waals surface area contributed by atoms with Crippen molar-refractivity contribution in [1.82, 2.24) is 10.2 Å². The number of urea groups is 1. The molecule has 0 spiro atoms. The van der Waals surface area contributed by atoms with E-state index >= 15 is 0 Å². The molecule has 3 heterocycles. The minimum atomic E-state index is -4.60. The fraction of sp³-hybridized carbons (Fsp3) is 0.342. The molecule has 9 heteroatoms. The van der Waals surface area contributed by atoms with Gasteiger partial charge < -0.3 is 5.32 Å². The maximum Gasteiger partial charge on any atom is 0.319 e. The molecule has 0 aromatic heterocycles. The van der Waals surface area contributed by atoms with Crippen molar-refractivity contribution >= 4 is 25.7 Å². The lowest BCUT2D eigenvalue weighted by molar-refractivity contribution is 0.0804. The Kier molecular flexibility index (Phi) is 9.58. The maximum absolute atomic E-state index is 14.7. The predicted molar refractivity (Wildman–Crippen MR) is 184 cm³/mol. The van der Waals surface area contributed by atoms with E-state index in [1.165, 1.54) is 35.4 Å². The van der Waals surface area contributed by atoms with Crippen LogP contribution in [-0.4, -0.2) is 44.1 Å². The first kappa shape index (κ1) is 33.0. The van der Waals surface area contributed by atoms with Crippen LogP contribution in [0.1, 0.15) is 56.1 Å². The molecule has 3 fully saturated rings. The monoisotopic (exact) mass is 670 g/mol. The highest BCUT2D eigenvalue weighted by molar-refractivity contribution is 8.10. The molecule has 3 saturated heterocycles. The zero-order valence-corrected chi connectivity index (χ0v) is 28.1. The van der Waals surface area contributed by atoms with E-state index in [0.717, 1.165) is 30.6 Å². The standard InChI is InChI=1S/C38H42N2O5S2/c41-36-39-37(26-13-19-31-15-5-1-6-16-31,27-14-20-32-17-7-2-8-18-32)29-33-25-28-40(36)38(30-33,46(42,43)34-21-9-3-10-22-34)47(44,45)35-23-11-4-12-24-35/h1-12,15-18,21-24,33H,13-14,19-20,25-30H2,(H,39,41). The Balaban J connectivity index is 1.39. The summed E-state index contributed by atoms with van der Waals surface area (Å²) in [5.74, 6) is -0.253. The lowest BCUT2D eigenvalue weighted by Crippen LogP contribution is -2.70. The lowest BCUT2D eigenvalue weighted by atomic mass is 9.75. The average molecular weight is 671 g/mol. The second-order valence-electron chi connectivity index (χ2n) is 12.9. The minimum Gasteiger partial charge on any atom is -0.332 e. The van der Waals surface area contributed by atoms with Gasteiger partial charge >= 0.3 is 6.03 Å². The van der Waals surface area contributed by atoms with E-state index < -0.39 is 35.4 Å². The Hall–Kier alpha value is -3.95. The number of carbonyl (C=O) groups is 1. The van der Waals surface area contributed by atoms with Gasteiger partial charge in [0.1, 0.15) is 0 Å². The second kappa shape index (κ2) is 13.6. The first-order valence-corrected chi connectivity index (χ1v) is 19.4. The van der Waals surface area contributed by atoms with Gasteiger partial charge in [0, 0.05) is 18.5 Å². The molecule has 7 nitrogen and oxygen atoms in total. The summed E-state index contributed by atoms with van der Waals surface area (Å²) in [6, 6.07) is 35.2. The Morgan fingerprint density at radius 2 is 1.04 bits per heavy atom. The van der Waals surface area contributed by atoms with Gasteiger partial charge in [-0.05, 0) is 92.7 Å². The van der Waals surface area contributed by atoms with Crippen LogP contribution in [0.15, 0.2) is 131 Å². The van der Waals surface area contributed by atoms with Crippen molar-refractivity contribution in [2.24, 2.45) is 5.92 Å². The molecule has 4 aromatic rings.